The van der Waals surface area contributed by atoms with Crippen molar-refractivity contribution in [2.24, 2.45) is 0 Å². The number of benzene rings is 1. The Hall–Kier alpha value is -2.29. The zero-order valence-electron chi connectivity index (χ0n) is 9.47. The highest BCUT2D eigenvalue weighted by Crippen LogP contribution is 2.29. The molecule has 0 aliphatic carbocycles. The molecule has 0 fully saturated rings. The van der Waals surface area contributed by atoms with Crippen LogP contribution in [0.5, 0.6) is 0 Å². The fraction of sp³-hybridized carbons (Fsp3) is 0.300. The SMILES string of the molecule is O=C(O)c1cccc(NCC(F)(F)CO)c1[N+](=O)[O-]. The van der Waals surface area contributed by atoms with E-state index in [0.29, 0.717) is 0 Å². The van der Waals surface area contributed by atoms with E-state index >= 15 is 0 Å². The lowest BCUT2D eigenvalue weighted by Gasteiger charge is -2.15. The van der Waals surface area contributed by atoms with Crippen molar-refractivity contribution in [1.29, 1.82) is 0 Å². The van der Waals surface area contributed by atoms with Gasteiger partial charge in [0.2, 0.25) is 0 Å². The van der Waals surface area contributed by atoms with Crippen LogP contribution in [0, 0.1) is 10.1 Å². The van der Waals surface area contributed by atoms with Crippen LogP contribution < -0.4 is 5.32 Å². The van der Waals surface area contributed by atoms with Gasteiger partial charge in [-0.2, -0.15) is 0 Å². The Bertz CT molecular complexity index is 507. The summed E-state index contributed by atoms with van der Waals surface area (Å²) in [7, 11) is 0. The molecule has 0 bridgehead atoms. The smallest absolute Gasteiger partial charge is 0.342 e. The number of aliphatic hydroxyl groups excluding tert-OH is 1. The Morgan fingerprint density at radius 2 is 2.11 bits per heavy atom. The number of halogens is 2. The van der Waals surface area contributed by atoms with Gasteiger partial charge in [-0.1, -0.05) is 6.07 Å². The Morgan fingerprint density at radius 1 is 1.47 bits per heavy atom. The molecule has 1 aromatic rings. The standard InChI is InChI=1S/C10H10F2N2O5/c11-10(12,5-15)4-13-7-3-1-2-6(9(16)17)8(7)14(18)19/h1-3,13,15H,4-5H2,(H,16,17). The molecule has 0 radical (unpaired) electrons. The van der Waals surface area contributed by atoms with Gasteiger partial charge in [-0.05, 0) is 12.1 Å². The topological polar surface area (TPSA) is 113 Å². The second-order valence-electron chi connectivity index (χ2n) is 3.63. The lowest BCUT2D eigenvalue weighted by Crippen LogP contribution is -2.31. The van der Waals surface area contributed by atoms with E-state index in [4.69, 9.17) is 10.2 Å². The van der Waals surface area contributed by atoms with Gasteiger partial charge in [0.05, 0.1) is 11.5 Å². The van der Waals surface area contributed by atoms with Crippen LogP contribution in [0.15, 0.2) is 18.2 Å². The highest BCUT2D eigenvalue weighted by atomic mass is 19.3. The maximum Gasteiger partial charge on any atom is 0.342 e. The fourth-order valence-corrected chi connectivity index (χ4v) is 1.34. The number of carboxylic acid groups (broad SMARTS) is 1. The Kier molecular flexibility index (Phi) is 4.33. The van der Waals surface area contributed by atoms with Gasteiger partial charge in [0.25, 0.3) is 5.92 Å². The van der Waals surface area contributed by atoms with Crippen molar-refractivity contribution < 1.29 is 28.7 Å². The summed E-state index contributed by atoms with van der Waals surface area (Å²) in [6.45, 7) is -2.47. The van der Waals surface area contributed by atoms with Crippen LogP contribution in [0.25, 0.3) is 0 Å². The van der Waals surface area contributed by atoms with E-state index in [2.05, 4.69) is 5.32 Å². The summed E-state index contributed by atoms with van der Waals surface area (Å²) < 4.78 is 25.7. The predicted molar refractivity (Wildman–Crippen MR) is 60.6 cm³/mol. The van der Waals surface area contributed by atoms with Crippen LogP contribution in [0.1, 0.15) is 10.4 Å². The third kappa shape index (κ3) is 3.58. The normalized spacial score (nSPS) is 11.1. The zero-order chi connectivity index (χ0) is 14.6. The predicted octanol–water partition coefficient (Wildman–Crippen LogP) is 1.33. The molecule has 3 N–H and O–H groups in total. The van der Waals surface area contributed by atoms with E-state index in [9.17, 15) is 23.7 Å². The lowest BCUT2D eigenvalue weighted by atomic mass is 10.1. The molecular formula is C10H10F2N2O5. The van der Waals surface area contributed by atoms with Gasteiger partial charge in [-0.15, -0.1) is 0 Å². The number of aromatic carboxylic acids is 1. The Labute approximate surface area is 105 Å². The van der Waals surface area contributed by atoms with Gasteiger partial charge in [-0.3, -0.25) is 10.1 Å². The van der Waals surface area contributed by atoms with Crippen LogP contribution >= 0.6 is 0 Å². The van der Waals surface area contributed by atoms with Gasteiger partial charge >= 0.3 is 11.7 Å². The second kappa shape index (κ2) is 5.57. The fourth-order valence-electron chi connectivity index (χ4n) is 1.34. The van der Waals surface area contributed by atoms with Gasteiger partial charge in [0.15, 0.2) is 0 Å². The summed E-state index contributed by atoms with van der Waals surface area (Å²) in [6.07, 6.45) is 0. The Balaban J connectivity index is 3.11. The Morgan fingerprint density at radius 3 is 2.58 bits per heavy atom. The van der Waals surface area contributed by atoms with Crippen molar-refractivity contribution in [3.05, 3.63) is 33.9 Å². The molecule has 0 spiro atoms. The molecule has 0 saturated heterocycles. The molecule has 0 unspecified atom stereocenters. The first-order valence-corrected chi connectivity index (χ1v) is 5.02. The summed E-state index contributed by atoms with van der Waals surface area (Å²) in [5.74, 6) is -5.00. The maximum atomic E-state index is 12.8. The van der Waals surface area contributed by atoms with Crippen molar-refractivity contribution in [3.8, 4) is 0 Å². The zero-order valence-corrected chi connectivity index (χ0v) is 9.47. The first-order chi connectivity index (χ1) is 8.78. The number of anilines is 1. The number of para-hydroxylation sites is 1. The number of rotatable bonds is 6. The molecule has 19 heavy (non-hydrogen) atoms. The van der Waals surface area contributed by atoms with Crippen molar-refractivity contribution >= 4 is 17.3 Å². The number of carboxylic acids is 1. The minimum atomic E-state index is -3.47. The largest absolute Gasteiger partial charge is 0.477 e. The molecule has 7 nitrogen and oxygen atoms in total. The molecule has 0 saturated carbocycles. The highest BCUT2D eigenvalue weighted by Gasteiger charge is 2.30. The van der Waals surface area contributed by atoms with Crippen LogP contribution in [0.3, 0.4) is 0 Å². The molecule has 0 aliphatic rings. The summed E-state index contributed by atoms with van der Waals surface area (Å²) in [6, 6.07) is 3.30. The molecule has 1 rings (SSSR count). The van der Waals surface area contributed by atoms with E-state index < -0.39 is 41.2 Å². The number of nitrogens with one attached hydrogen (secondary N) is 1. The molecule has 0 heterocycles. The van der Waals surface area contributed by atoms with E-state index in [1.165, 1.54) is 6.07 Å². The van der Waals surface area contributed by atoms with Crippen molar-refractivity contribution in [3.63, 3.8) is 0 Å². The van der Waals surface area contributed by atoms with Crippen molar-refractivity contribution in [1.82, 2.24) is 0 Å². The van der Waals surface area contributed by atoms with Crippen molar-refractivity contribution in [2.75, 3.05) is 18.5 Å². The third-order valence-corrected chi connectivity index (χ3v) is 2.22. The average Bonchev–Trinajstić information content (AvgIpc) is 2.35. The highest BCUT2D eigenvalue weighted by molar-refractivity contribution is 5.95. The molecular weight excluding hydrogens is 266 g/mol. The molecule has 1 aromatic carbocycles. The van der Waals surface area contributed by atoms with E-state index in [1.54, 1.807) is 0 Å². The van der Waals surface area contributed by atoms with Crippen LogP contribution in [0.4, 0.5) is 20.2 Å². The van der Waals surface area contributed by atoms with Gasteiger partial charge in [-0.25, -0.2) is 13.6 Å². The van der Waals surface area contributed by atoms with Crippen molar-refractivity contribution in [2.45, 2.75) is 5.92 Å². The second-order valence-corrected chi connectivity index (χ2v) is 3.63. The number of aliphatic hydroxyl groups is 1. The van der Waals surface area contributed by atoms with Crippen LogP contribution in [0.2, 0.25) is 0 Å². The number of nitrogens with zero attached hydrogens (tertiary/aromatic N) is 1. The molecule has 0 aromatic heterocycles. The number of hydrogen-bond donors (Lipinski definition) is 3. The third-order valence-electron chi connectivity index (χ3n) is 2.22. The minimum absolute atomic E-state index is 0.349. The number of carbonyl (C=O) groups is 1. The first kappa shape index (κ1) is 14.8. The maximum absolute atomic E-state index is 12.8. The molecule has 0 atom stereocenters. The molecule has 0 amide bonds. The summed E-state index contributed by atoms with van der Waals surface area (Å²) in [5, 5.41) is 30.0. The number of nitro benzene ring substituents is 1. The molecule has 0 aliphatic heterocycles. The first-order valence-electron chi connectivity index (χ1n) is 5.02. The average molecular weight is 276 g/mol. The van der Waals surface area contributed by atoms with E-state index in [1.807, 2.05) is 0 Å². The van der Waals surface area contributed by atoms with Gasteiger partial charge < -0.3 is 15.5 Å². The molecule has 104 valence electrons. The number of hydrogen-bond acceptors (Lipinski definition) is 5. The molecule has 9 heteroatoms. The number of nitro groups is 1. The van der Waals surface area contributed by atoms with Gasteiger partial charge in [0, 0.05) is 0 Å². The minimum Gasteiger partial charge on any atom is -0.477 e. The van der Waals surface area contributed by atoms with Crippen LogP contribution in [-0.2, 0) is 0 Å². The quantitative estimate of drug-likeness (QED) is 0.533. The summed E-state index contributed by atoms with van der Waals surface area (Å²) in [5.41, 5.74) is -1.76. The van der Waals surface area contributed by atoms with Gasteiger partial charge in [0.1, 0.15) is 17.9 Å². The van der Waals surface area contributed by atoms with Crippen LogP contribution in [-0.4, -0.2) is 40.2 Å². The number of alkyl halides is 2. The lowest BCUT2D eigenvalue weighted by molar-refractivity contribution is -0.384. The summed E-state index contributed by atoms with van der Waals surface area (Å²) in [4.78, 5) is 20.7. The van der Waals surface area contributed by atoms with E-state index in [-0.39, 0.29) is 5.69 Å². The summed E-state index contributed by atoms with van der Waals surface area (Å²) >= 11 is 0. The van der Waals surface area contributed by atoms with E-state index in [0.717, 1.165) is 12.1 Å². The monoisotopic (exact) mass is 276 g/mol.